The van der Waals surface area contributed by atoms with Crippen LogP contribution in [-0.2, 0) is 0 Å². The highest BCUT2D eigenvalue weighted by Crippen LogP contribution is 2.25. The standard InChI is InChI=1S/C15H22N2O2/c16-13-10-11(15(18)19)8-9-14(13)17-12-6-4-2-1-3-5-7-12/h8-10,12,17H,1-7,16H2,(H,18,19). The summed E-state index contributed by atoms with van der Waals surface area (Å²) in [5.74, 6) is -0.941. The lowest BCUT2D eigenvalue weighted by Crippen LogP contribution is -2.21. The molecular weight excluding hydrogens is 240 g/mol. The number of nitrogens with one attached hydrogen (secondary N) is 1. The van der Waals surface area contributed by atoms with Crippen LogP contribution in [0.15, 0.2) is 18.2 Å². The average molecular weight is 262 g/mol. The van der Waals surface area contributed by atoms with Crippen molar-refractivity contribution in [2.45, 2.75) is 51.0 Å². The van der Waals surface area contributed by atoms with Gasteiger partial charge in [-0.3, -0.25) is 0 Å². The Morgan fingerprint density at radius 2 is 1.79 bits per heavy atom. The maximum Gasteiger partial charge on any atom is 0.335 e. The van der Waals surface area contributed by atoms with Crippen molar-refractivity contribution in [3.8, 4) is 0 Å². The van der Waals surface area contributed by atoms with E-state index in [1.54, 1.807) is 12.1 Å². The summed E-state index contributed by atoms with van der Waals surface area (Å²) in [6.45, 7) is 0. The maximum absolute atomic E-state index is 10.9. The van der Waals surface area contributed by atoms with E-state index in [2.05, 4.69) is 5.32 Å². The largest absolute Gasteiger partial charge is 0.478 e. The number of carboxylic acid groups (broad SMARTS) is 1. The van der Waals surface area contributed by atoms with Crippen molar-refractivity contribution in [2.75, 3.05) is 11.1 Å². The third kappa shape index (κ3) is 3.88. The van der Waals surface area contributed by atoms with Crippen LogP contribution in [0.3, 0.4) is 0 Å². The number of benzene rings is 1. The molecule has 4 N–H and O–H groups in total. The van der Waals surface area contributed by atoms with Crippen LogP contribution in [0.1, 0.15) is 55.3 Å². The van der Waals surface area contributed by atoms with Crippen LogP contribution in [0.4, 0.5) is 11.4 Å². The maximum atomic E-state index is 10.9. The second kappa shape index (κ2) is 6.45. The molecule has 1 saturated carbocycles. The SMILES string of the molecule is Nc1cc(C(=O)O)ccc1NC1CCCCCCC1. The van der Waals surface area contributed by atoms with Crippen molar-refractivity contribution in [1.82, 2.24) is 0 Å². The first-order valence-electron chi connectivity index (χ1n) is 7.06. The van der Waals surface area contributed by atoms with E-state index in [0.29, 0.717) is 11.7 Å². The van der Waals surface area contributed by atoms with Gasteiger partial charge in [-0.1, -0.05) is 32.1 Å². The highest BCUT2D eigenvalue weighted by molar-refractivity contribution is 5.90. The van der Waals surface area contributed by atoms with Gasteiger partial charge in [0.1, 0.15) is 0 Å². The summed E-state index contributed by atoms with van der Waals surface area (Å²) < 4.78 is 0. The molecule has 1 aliphatic rings. The molecule has 0 aliphatic heterocycles. The first kappa shape index (κ1) is 13.7. The second-order valence-electron chi connectivity index (χ2n) is 5.29. The molecule has 0 aromatic heterocycles. The lowest BCUT2D eigenvalue weighted by molar-refractivity contribution is 0.0697. The van der Waals surface area contributed by atoms with Gasteiger partial charge in [0, 0.05) is 6.04 Å². The Kier molecular flexibility index (Phi) is 4.66. The summed E-state index contributed by atoms with van der Waals surface area (Å²) in [7, 11) is 0. The van der Waals surface area contributed by atoms with E-state index in [1.807, 2.05) is 0 Å². The van der Waals surface area contributed by atoms with Gasteiger partial charge in [-0.2, -0.15) is 0 Å². The second-order valence-corrected chi connectivity index (χ2v) is 5.29. The van der Waals surface area contributed by atoms with E-state index in [9.17, 15) is 4.79 Å². The summed E-state index contributed by atoms with van der Waals surface area (Å²) in [4.78, 5) is 10.9. The molecule has 1 aromatic carbocycles. The molecule has 4 nitrogen and oxygen atoms in total. The number of carbonyl (C=O) groups is 1. The zero-order valence-electron chi connectivity index (χ0n) is 11.2. The minimum atomic E-state index is -0.941. The number of hydrogen-bond acceptors (Lipinski definition) is 3. The van der Waals surface area contributed by atoms with Crippen LogP contribution in [0, 0.1) is 0 Å². The van der Waals surface area contributed by atoms with Crippen molar-refractivity contribution in [3.05, 3.63) is 23.8 Å². The van der Waals surface area contributed by atoms with Gasteiger partial charge in [0.15, 0.2) is 0 Å². The molecule has 0 radical (unpaired) electrons. The summed E-state index contributed by atoms with van der Waals surface area (Å²) in [6, 6.07) is 5.35. The van der Waals surface area contributed by atoms with Gasteiger partial charge in [-0.05, 0) is 31.0 Å². The quantitative estimate of drug-likeness (QED) is 0.729. The fourth-order valence-electron chi connectivity index (χ4n) is 2.65. The van der Waals surface area contributed by atoms with Gasteiger partial charge < -0.3 is 16.2 Å². The molecule has 2 rings (SSSR count). The summed E-state index contributed by atoms with van der Waals surface area (Å²) in [5, 5.41) is 12.4. The smallest absolute Gasteiger partial charge is 0.335 e. The number of nitrogens with two attached hydrogens (primary N) is 1. The minimum absolute atomic E-state index is 0.237. The molecule has 0 bridgehead atoms. The molecule has 0 atom stereocenters. The van der Waals surface area contributed by atoms with Gasteiger partial charge in [-0.15, -0.1) is 0 Å². The highest BCUT2D eigenvalue weighted by atomic mass is 16.4. The molecule has 0 heterocycles. The minimum Gasteiger partial charge on any atom is -0.478 e. The molecule has 1 aromatic rings. The predicted molar refractivity (Wildman–Crippen MR) is 77.5 cm³/mol. The average Bonchev–Trinajstić information content (AvgIpc) is 2.34. The number of hydrogen-bond donors (Lipinski definition) is 3. The van der Waals surface area contributed by atoms with Gasteiger partial charge in [0.2, 0.25) is 0 Å². The molecule has 0 amide bonds. The Morgan fingerprint density at radius 3 is 2.37 bits per heavy atom. The van der Waals surface area contributed by atoms with E-state index < -0.39 is 5.97 Å². The lowest BCUT2D eigenvalue weighted by atomic mass is 9.96. The number of anilines is 2. The Labute approximate surface area is 114 Å². The topological polar surface area (TPSA) is 75.4 Å². The van der Waals surface area contributed by atoms with Gasteiger partial charge in [-0.25, -0.2) is 4.79 Å². The fraction of sp³-hybridized carbons (Fsp3) is 0.533. The van der Waals surface area contributed by atoms with Gasteiger partial charge >= 0.3 is 5.97 Å². The van der Waals surface area contributed by atoms with Gasteiger partial charge in [0.05, 0.1) is 16.9 Å². The van der Waals surface area contributed by atoms with E-state index in [0.717, 1.165) is 5.69 Å². The highest BCUT2D eigenvalue weighted by Gasteiger charge is 2.13. The lowest BCUT2D eigenvalue weighted by Gasteiger charge is -2.23. The van der Waals surface area contributed by atoms with Crippen molar-refractivity contribution in [2.24, 2.45) is 0 Å². The normalized spacial score (nSPS) is 17.5. The Bertz CT molecular complexity index is 438. The molecule has 0 spiro atoms. The predicted octanol–water partition coefficient (Wildman–Crippen LogP) is 3.49. The molecule has 1 aliphatic carbocycles. The van der Waals surface area contributed by atoms with Crippen molar-refractivity contribution in [3.63, 3.8) is 0 Å². The molecule has 0 saturated heterocycles. The Balaban J connectivity index is 2.03. The molecule has 104 valence electrons. The third-order valence-electron chi connectivity index (χ3n) is 3.76. The van der Waals surface area contributed by atoms with E-state index >= 15 is 0 Å². The Hall–Kier alpha value is -1.71. The van der Waals surface area contributed by atoms with Crippen LogP contribution in [-0.4, -0.2) is 17.1 Å². The van der Waals surface area contributed by atoms with Crippen molar-refractivity contribution < 1.29 is 9.90 Å². The summed E-state index contributed by atoms with van der Waals surface area (Å²) >= 11 is 0. The van der Waals surface area contributed by atoms with E-state index in [-0.39, 0.29) is 5.56 Å². The van der Waals surface area contributed by atoms with Crippen LogP contribution >= 0.6 is 0 Å². The first-order chi connectivity index (χ1) is 9.16. The number of carboxylic acids is 1. The summed E-state index contributed by atoms with van der Waals surface area (Å²) in [5.41, 5.74) is 7.53. The number of aromatic carboxylic acids is 1. The van der Waals surface area contributed by atoms with Crippen molar-refractivity contribution in [1.29, 1.82) is 0 Å². The molecule has 1 fully saturated rings. The molecule has 19 heavy (non-hydrogen) atoms. The number of rotatable bonds is 3. The summed E-state index contributed by atoms with van der Waals surface area (Å²) in [6.07, 6.45) is 8.81. The first-order valence-corrected chi connectivity index (χ1v) is 7.06. The molecule has 0 unspecified atom stereocenters. The Morgan fingerprint density at radius 1 is 1.16 bits per heavy atom. The van der Waals surface area contributed by atoms with Crippen LogP contribution in [0.25, 0.3) is 0 Å². The monoisotopic (exact) mass is 262 g/mol. The van der Waals surface area contributed by atoms with Crippen LogP contribution < -0.4 is 11.1 Å². The van der Waals surface area contributed by atoms with Crippen LogP contribution in [0.5, 0.6) is 0 Å². The van der Waals surface area contributed by atoms with E-state index in [4.69, 9.17) is 10.8 Å². The molecule has 4 heteroatoms. The molecular formula is C15H22N2O2. The fourth-order valence-corrected chi connectivity index (χ4v) is 2.65. The zero-order chi connectivity index (χ0) is 13.7. The third-order valence-corrected chi connectivity index (χ3v) is 3.76. The van der Waals surface area contributed by atoms with Crippen LogP contribution in [0.2, 0.25) is 0 Å². The van der Waals surface area contributed by atoms with Gasteiger partial charge in [0.25, 0.3) is 0 Å². The zero-order valence-corrected chi connectivity index (χ0v) is 11.2. The number of nitrogen functional groups attached to an aromatic ring is 1. The van der Waals surface area contributed by atoms with Crippen molar-refractivity contribution >= 4 is 17.3 Å². The van der Waals surface area contributed by atoms with E-state index in [1.165, 1.54) is 51.0 Å².